The number of piperidine rings is 1. The second-order valence-corrected chi connectivity index (χ2v) is 7.20. The lowest BCUT2D eigenvalue weighted by Crippen LogP contribution is -2.38. The number of anilines is 1. The van der Waals surface area contributed by atoms with Gasteiger partial charge in [0, 0.05) is 38.0 Å². The van der Waals surface area contributed by atoms with Crippen LogP contribution in [0.1, 0.15) is 44.9 Å². The summed E-state index contributed by atoms with van der Waals surface area (Å²) in [5.74, 6) is 2.19. The highest BCUT2D eigenvalue weighted by atomic mass is 16.5. The van der Waals surface area contributed by atoms with Crippen LogP contribution < -0.4 is 9.64 Å². The van der Waals surface area contributed by atoms with Crippen LogP contribution in [0.25, 0.3) is 0 Å². The van der Waals surface area contributed by atoms with Crippen LogP contribution in [0.3, 0.4) is 0 Å². The van der Waals surface area contributed by atoms with Crippen molar-refractivity contribution in [2.24, 2.45) is 5.92 Å². The number of carbonyl (C=O) groups is 1. The van der Waals surface area contributed by atoms with E-state index in [1.807, 2.05) is 11.0 Å². The van der Waals surface area contributed by atoms with Crippen LogP contribution in [-0.2, 0) is 4.79 Å². The highest BCUT2D eigenvalue weighted by Crippen LogP contribution is 2.30. The van der Waals surface area contributed by atoms with E-state index in [2.05, 4.69) is 14.9 Å². The van der Waals surface area contributed by atoms with E-state index < -0.39 is 0 Å². The first kappa shape index (κ1) is 15.7. The lowest BCUT2D eigenvalue weighted by Gasteiger charge is -2.29. The zero-order valence-corrected chi connectivity index (χ0v) is 14.2. The van der Waals surface area contributed by atoms with E-state index in [9.17, 15) is 4.79 Å². The van der Waals surface area contributed by atoms with Crippen LogP contribution in [0.4, 0.5) is 5.82 Å². The molecule has 2 aliphatic heterocycles. The van der Waals surface area contributed by atoms with Crippen LogP contribution >= 0.6 is 0 Å². The maximum Gasteiger partial charge on any atom is 0.225 e. The fourth-order valence-corrected chi connectivity index (χ4v) is 3.80. The van der Waals surface area contributed by atoms with Crippen LogP contribution in [0, 0.1) is 5.92 Å². The van der Waals surface area contributed by atoms with Gasteiger partial charge in [-0.25, -0.2) is 9.97 Å². The quantitative estimate of drug-likeness (QED) is 0.847. The molecule has 1 aromatic heterocycles. The summed E-state index contributed by atoms with van der Waals surface area (Å²) < 4.78 is 6.05. The Labute approximate surface area is 143 Å². The molecule has 0 bridgehead atoms. The Bertz CT molecular complexity index is 584. The smallest absolute Gasteiger partial charge is 0.225 e. The van der Waals surface area contributed by atoms with Gasteiger partial charge in [-0.3, -0.25) is 4.79 Å². The van der Waals surface area contributed by atoms with Crippen molar-refractivity contribution in [3.63, 3.8) is 0 Å². The third-order valence-corrected chi connectivity index (χ3v) is 5.51. The SMILES string of the molecule is O=C(C1CCC1)N1CCC(Oc2cc(N3CCCCC3)ncn2)C1. The number of nitrogens with zero attached hydrogens (tertiary/aromatic N) is 4. The van der Waals surface area contributed by atoms with Gasteiger partial charge in [-0.05, 0) is 32.1 Å². The van der Waals surface area contributed by atoms with Crippen molar-refractivity contribution < 1.29 is 9.53 Å². The van der Waals surface area contributed by atoms with Crippen LogP contribution in [0.15, 0.2) is 12.4 Å². The largest absolute Gasteiger partial charge is 0.472 e. The van der Waals surface area contributed by atoms with Gasteiger partial charge in [0.2, 0.25) is 11.8 Å². The lowest BCUT2D eigenvalue weighted by atomic mass is 9.84. The van der Waals surface area contributed by atoms with Gasteiger partial charge < -0.3 is 14.5 Å². The van der Waals surface area contributed by atoms with Gasteiger partial charge in [0.15, 0.2) is 0 Å². The van der Waals surface area contributed by atoms with Crippen molar-refractivity contribution >= 4 is 11.7 Å². The zero-order valence-electron chi connectivity index (χ0n) is 14.2. The molecule has 3 heterocycles. The maximum atomic E-state index is 12.3. The Kier molecular flexibility index (Phi) is 4.54. The highest BCUT2D eigenvalue weighted by Gasteiger charge is 2.34. The van der Waals surface area contributed by atoms with Gasteiger partial charge in [-0.1, -0.05) is 6.42 Å². The van der Waals surface area contributed by atoms with Gasteiger partial charge in [0.05, 0.1) is 6.54 Å². The van der Waals surface area contributed by atoms with Crippen molar-refractivity contribution in [3.8, 4) is 5.88 Å². The summed E-state index contributed by atoms with van der Waals surface area (Å²) in [6.07, 6.45) is 9.60. The number of ether oxygens (including phenoxy) is 1. The van der Waals surface area contributed by atoms with E-state index in [1.165, 1.54) is 25.7 Å². The van der Waals surface area contributed by atoms with E-state index >= 15 is 0 Å². The topological polar surface area (TPSA) is 58.6 Å². The molecule has 0 N–H and O–H groups in total. The monoisotopic (exact) mass is 330 g/mol. The first-order valence-corrected chi connectivity index (χ1v) is 9.32. The van der Waals surface area contributed by atoms with Crippen molar-refractivity contribution in [3.05, 3.63) is 12.4 Å². The third-order valence-electron chi connectivity index (χ3n) is 5.51. The minimum atomic E-state index is 0.0538. The Morgan fingerprint density at radius 3 is 2.62 bits per heavy atom. The lowest BCUT2D eigenvalue weighted by molar-refractivity contribution is -0.137. The number of hydrogen-bond donors (Lipinski definition) is 0. The van der Waals surface area contributed by atoms with E-state index in [0.29, 0.717) is 18.3 Å². The van der Waals surface area contributed by atoms with Gasteiger partial charge in [0.25, 0.3) is 0 Å². The van der Waals surface area contributed by atoms with Gasteiger partial charge in [0.1, 0.15) is 18.2 Å². The number of carbonyl (C=O) groups excluding carboxylic acids is 1. The summed E-state index contributed by atoms with van der Waals surface area (Å²) >= 11 is 0. The molecule has 1 aliphatic carbocycles. The summed E-state index contributed by atoms with van der Waals surface area (Å²) in [6.45, 7) is 3.62. The van der Waals surface area contributed by atoms with E-state index in [4.69, 9.17) is 4.74 Å². The zero-order chi connectivity index (χ0) is 16.4. The van der Waals surface area contributed by atoms with Crippen LogP contribution in [0.5, 0.6) is 5.88 Å². The van der Waals surface area contributed by atoms with Gasteiger partial charge in [-0.2, -0.15) is 0 Å². The summed E-state index contributed by atoms with van der Waals surface area (Å²) in [5.41, 5.74) is 0. The molecule has 1 atom stereocenters. The molecule has 4 rings (SSSR count). The number of amides is 1. The normalized spacial score (nSPS) is 24.8. The molecule has 1 saturated carbocycles. The first-order chi connectivity index (χ1) is 11.8. The molecule has 130 valence electrons. The van der Waals surface area contributed by atoms with Crippen LogP contribution in [-0.4, -0.2) is 53.1 Å². The molecule has 1 aromatic rings. The number of rotatable bonds is 4. The predicted molar refractivity (Wildman–Crippen MR) is 91.1 cm³/mol. The third kappa shape index (κ3) is 3.32. The first-order valence-electron chi connectivity index (χ1n) is 9.32. The Hall–Kier alpha value is -1.85. The van der Waals surface area contributed by atoms with E-state index in [0.717, 1.165) is 44.7 Å². The number of hydrogen-bond acceptors (Lipinski definition) is 5. The molecule has 1 unspecified atom stereocenters. The summed E-state index contributed by atoms with van der Waals surface area (Å²) in [5, 5.41) is 0. The molecule has 0 spiro atoms. The predicted octanol–water partition coefficient (Wildman–Crippen LogP) is 2.25. The maximum absolute atomic E-state index is 12.3. The molecular formula is C18H26N4O2. The Morgan fingerprint density at radius 2 is 1.88 bits per heavy atom. The number of aromatic nitrogens is 2. The molecule has 3 fully saturated rings. The van der Waals surface area contributed by atoms with E-state index in [1.54, 1.807) is 6.33 Å². The molecule has 3 aliphatic rings. The molecule has 6 nitrogen and oxygen atoms in total. The molecule has 24 heavy (non-hydrogen) atoms. The molecule has 0 aromatic carbocycles. The second kappa shape index (κ2) is 6.95. The summed E-state index contributed by atoms with van der Waals surface area (Å²) in [4.78, 5) is 25.3. The molecule has 6 heteroatoms. The summed E-state index contributed by atoms with van der Waals surface area (Å²) in [7, 11) is 0. The second-order valence-electron chi connectivity index (χ2n) is 7.20. The highest BCUT2D eigenvalue weighted by molar-refractivity contribution is 5.79. The molecule has 2 saturated heterocycles. The van der Waals surface area contributed by atoms with Crippen molar-refractivity contribution in [2.75, 3.05) is 31.1 Å². The molecule has 0 radical (unpaired) electrons. The van der Waals surface area contributed by atoms with E-state index in [-0.39, 0.29) is 12.0 Å². The van der Waals surface area contributed by atoms with Crippen molar-refractivity contribution in [2.45, 2.75) is 51.0 Å². The van der Waals surface area contributed by atoms with Crippen LogP contribution in [0.2, 0.25) is 0 Å². The molecule has 1 amide bonds. The minimum absolute atomic E-state index is 0.0538. The fraction of sp³-hybridized carbons (Fsp3) is 0.722. The number of likely N-dealkylation sites (tertiary alicyclic amines) is 1. The molecular weight excluding hydrogens is 304 g/mol. The minimum Gasteiger partial charge on any atom is -0.472 e. The Balaban J connectivity index is 1.34. The van der Waals surface area contributed by atoms with Gasteiger partial charge in [-0.15, -0.1) is 0 Å². The fourth-order valence-electron chi connectivity index (χ4n) is 3.80. The van der Waals surface area contributed by atoms with Gasteiger partial charge >= 0.3 is 0 Å². The van der Waals surface area contributed by atoms with Crippen molar-refractivity contribution in [1.82, 2.24) is 14.9 Å². The average molecular weight is 330 g/mol. The van der Waals surface area contributed by atoms with Crippen molar-refractivity contribution in [1.29, 1.82) is 0 Å². The average Bonchev–Trinajstić information content (AvgIpc) is 3.03. The summed E-state index contributed by atoms with van der Waals surface area (Å²) in [6, 6.07) is 1.95. The Morgan fingerprint density at radius 1 is 1.04 bits per heavy atom. The standard InChI is InChI=1S/C18H26N4O2/c23-18(14-5-4-6-14)22-10-7-15(12-22)24-17-11-16(19-13-20-17)21-8-2-1-3-9-21/h11,13-15H,1-10,12H2.